The fourth-order valence-corrected chi connectivity index (χ4v) is 5.97. The van der Waals surface area contributed by atoms with E-state index >= 15 is 0 Å². The Hall–Kier alpha value is -3.90. The Morgan fingerprint density at radius 2 is 0.833 bits per heavy atom. The predicted molar refractivity (Wildman–Crippen MR) is 131 cm³/mol. The molecule has 8 aromatic rings. The second kappa shape index (κ2) is 4.98. The molecule has 0 aliphatic rings. The van der Waals surface area contributed by atoms with E-state index in [1.54, 1.807) is 0 Å². The number of fused-ring (bicyclic) bond motifs is 5. The zero-order chi connectivity index (χ0) is 19.4. The van der Waals surface area contributed by atoms with E-state index < -0.39 is 0 Å². The molecule has 0 nitrogen and oxygen atoms in total. The van der Waals surface area contributed by atoms with Crippen LogP contribution in [0.2, 0.25) is 0 Å². The van der Waals surface area contributed by atoms with Crippen molar-refractivity contribution in [3.63, 3.8) is 0 Å². The summed E-state index contributed by atoms with van der Waals surface area (Å²) in [4.78, 5) is 0. The number of hydrogen-bond acceptors (Lipinski definition) is 0. The predicted octanol–water partition coefficient (Wildman–Crippen LogP) is 8.63. The van der Waals surface area contributed by atoms with Gasteiger partial charge in [0.1, 0.15) is 0 Å². The molecule has 0 spiro atoms. The van der Waals surface area contributed by atoms with E-state index in [9.17, 15) is 0 Å². The van der Waals surface area contributed by atoms with Gasteiger partial charge in [0, 0.05) is 0 Å². The third-order valence-corrected chi connectivity index (χ3v) is 7.10. The summed E-state index contributed by atoms with van der Waals surface area (Å²) in [6.07, 6.45) is 0. The van der Waals surface area contributed by atoms with Crippen LogP contribution in [-0.2, 0) is 0 Å². The van der Waals surface area contributed by atoms with Crippen LogP contribution in [0.1, 0.15) is 0 Å². The maximum absolute atomic E-state index is 2.42. The molecule has 136 valence electrons. The lowest BCUT2D eigenvalue weighted by molar-refractivity contribution is 1.79. The summed E-state index contributed by atoms with van der Waals surface area (Å²) >= 11 is 0. The smallest absolute Gasteiger partial charge is 0.000719 e. The van der Waals surface area contributed by atoms with Gasteiger partial charge in [0.25, 0.3) is 0 Å². The molecule has 0 saturated heterocycles. The highest BCUT2D eigenvalue weighted by molar-refractivity contribution is 6.46. The number of benzene rings is 8. The monoisotopic (exact) mass is 376 g/mol. The maximum atomic E-state index is 2.42. The second-order valence-corrected chi connectivity index (χ2v) is 8.50. The van der Waals surface area contributed by atoms with Crippen molar-refractivity contribution in [2.24, 2.45) is 0 Å². The van der Waals surface area contributed by atoms with Crippen LogP contribution >= 0.6 is 0 Å². The molecule has 0 atom stereocenters. The van der Waals surface area contributed by atoms with E-state index in [-0.39, 0.29) is 0 Å². The van der Waals surface area contributed by atoms with Gasteiger partial charge in [0.05, 0.1) is 0 Å². The lowest BCUT2D eigenvalue weighted by Gasteiger charge is -2.20. The van der Waals surface area contributed by atoms with Crippen molar-refractivity contribution >= 4 is 75.4 Å². The van der Waals surface area contributed by atoms with Gasteiger partial charge < -0.3 is 0 Å². The van der Waals surface area contributed by atoms with Crippen LogP contribution in [0.4, 0.5) is 0 Å². The van der Waals surface area contributed by atoms with Crippen LogP contribution in [0.5, 0.6) is 0 Å². The van der Waals surface area contributed by atoms with Crippen molar-refractivity contribution in [3.8, 4) is 0 Å². The lowest BCUT2D eigenvalue weighted by Crippen LogP contribution is -1.92. The largest absolute Gasteiger partial charge is 0.0616 e. The maximum Gasteiger partial charge on any atom is -0.000719 e. The van der Waals surface area contributed by atoms with Crippen molar-refractivity contribution in [1.29, 1.82) is 0 Å². The first-order valence-electron chi connectivity index (χ1n) is 10.5. The van der Waals surface area contributed by atoms with Gasteiger partial charge in [0.2, 0.25) is 0 Å². The van der Waals surface area contributed by atoms with E-state index in [0.29, 0.717) is 0 Å². The first kappa shape index (κ1) is 15.0. The molecule has 0 aliphatic carbocycles. The Kier molecular flexibility index (Phi) is 2.49. The molecule has 0 fully saturated rings. The van der Waals surface area contributed by atoms with Crippen LogP contribution in [0.25, 0.3) is 75.4 Å². The van der Waals surface area contributed by atoms with E-state index in [1.165, 1.54) is 75.4 Å². The number of hydrogen-bond donors (Lipinski definition) is 0. The van der Waals surface area contributed by atoms with E-state index in [2.05, 4.69) is 97.1 Å². The molecule has 0 unspecified atom stereocenters. The molecule has 0 aliphatic heterocycles. The first-order chi connectivity index (χ1) is 14.9. The fraction of sp³-hybridized carbons (Fsp3) is 0. The zero-order valence-corrected chi connectivity index (χ0v) is 16.2. The molecule has 0 heteroatoms. The minimum Gasteiger partial charge on any atom is -0.0616 e. The van der Waals surface area contributed by atoms with Gasteiger partial charge in [0.15, 0.2) is 0 Å². The normalized spacial score (nSPS) is 12.7. The minimum absolute atomic E-state index is 1.32. The van der Waals surface area contributed by atoms with Crippen LogP contribution in [-0.4, -0.2) is 0 Å². The summed E-state index contributed by atoms with van der Waals surface area (Å²) < 4.78 is 0. The van der Waals surface area contributed by atoms with Crippen molar-refractivity contribution in [3.05, 3.63) is 97.1 Å². The van der Waals surface area contributed by atoms with Crippen molar-refractivity contribution in [2.75, 3.05) is 0 Å². The van der Waals surface area contributed by atoms with Crippen LogP contribution in [0, 0.1) is 0 Å². The van der Waals surface area contributed by atoms with Gasteiger partial charge >= 0.3 is 0 Å². The standard InChI is InChI=1S/C30H16/c1-2-11-21-20(10-1)23-15-14-18-6-3-9-19-16-25-22-12-4-7-17-8-5-13-24(27(17)22)28(21)30(25)29(23)26(18)19/h1-16H. The quantitative estimate of drug-likeness (QED) is 0.183. The van der Waals surface area contributed by atoms with Gasteiger partial charge in [-0.3, -0.25) is 0 Å². The van der Waals surface area contributed by atoms with E-state index in [4.69, 9.17) is 0 Å². The summed E-state index contributed by atoms with van der Waals surface area (Å²) in [5, 5.41) is 19.1. The molecule has 0 N–H and O–H groups in total. The van der Waals surface area contributed by atoms with Crippen LogP contribution in [0.15, 0.2) is 97.1 Å². The summed E-state index contributed by atoms with van der Waals surface area (Å²) in [7, 11) is 0. The highest BCUT2D eigenvalue weighted by Gasteiger charge is 2.20. The van der Waals surface area contributed by atoms with Crippen molar-refractivity contribution in [2.45, 2.75) is 0 Å². The molecular weight excluding hydrogens is 360 g/mol. The molecule has 30 heavy (non-hydrogen) atoms. The molecule has 0 bridgehead atoms. The average Bonchev–Trinajstić information content (AvgIpc) is 2.81. The molecular formula is C30H16. The first-order valence-corrected chi connectivity index (χ1v) is 10.5. The van der Waals surface area contributed by atoms with Gasteiger partial charge in [-0.2, -0.15) is 0 Å². The van der Waals surface area contributed by atoms with Gasteiger partial charge in [-0.1, -0.05) is 91.0 Å². The molecule has 8 rings (SSSR count). The van der Waals surface area contributed by atoms with Gasteiger partial charge in [-0.15, -0.1) is 0 Å². The van der Waals surface area contributed by atoms with Crippen LogP contribution in [0.3, 0.4) is 0 Å². The summed E-state index contributed by atoms with van der Waals surface area (Å²) in [5.74, 6) is 0. The Morgan fingerprint density at radius 3 is 1.70 bits per heavy atom. The Morgan fingerprint density at radius 1 is 0.267 bits per heavy atom. The van der Waals surface area contributed by atoms with Gasteiger partial charge in [-0.25, -0.2) is 0 Å². The minimum atomic E-state index is 1.32. The molecule has 8 aromatic carbocycles. The molecule has 0 heterocycles. The Bertz CT molecular complexity index is 1930. The van der Waals surface area contributed by atoms with E-state index in [1.807, 2.05) is 0 Å². The Balaban J connectivity index is 1.92. The lowest BCUT2D eigenvalue weighted by atomic mass is 9.82. The highest BCUT2D eigenvalue weighted by atomic mass is 14.2. The molecule has 0 radical (unpaired) electrons. The topological polar surface area (TPSA) is 0 Å². The summed E-state index contributed by atoms with van der Waals surface area (Å²) in [6, 6.07) is 36.2. The fourth-order valence-electron chi connectivity index (χ4n) is 5.97. The summed E-state index contributed by atoms with van der Waals surface area (Å²) in [6.45, 7) is 0. The van der Waals surface area contributed by atoms with Gasteiger partial charge in [-0.05, 0) is 81.5 Å². The molecule has 0 aromatic heterocycles. The number of rotatable bonds is 0. The second-order valence-electron chi connectivity index (χ2n) is 8.50. The van der Waals surface area contributed by atoms with Crippen molar-refractivity contribution < 1.29 is 0 Å². The third kappa shape index (κ3) is 1.58. The van der Waals surface area contributed by atoms with E-state index in [0.717, 1.165) is 0 Å². The highest BCUT2D eigenvalue weighted by Crippen LogP contribution is 2.48. The summed E-state index contributed by atoms with van der Waals surface area (Å²) in [5.41, 5.74) is 0. The zero-order valence-electron chi connectivity index (χ0n) is 16.2. The Labute approximate surface area is 172 Å². The van der Waals surface area contributed by atoms with Crippen molar-refractivity contribution in [1.82, 2.24) is 0 Å². The average molecular weight is 376 g/mol. The molecule has 0 saturated carbocycles. The molecule has 0 amide bonds. The SMILES string of the molecule is c1cc2ccc3c4ccccc4c4c5cccc6cccc(c7cc(c1)c2c3c74)c65. The third-order valence-electron chi connectivity index (χ3n) is 7.10. The van der Waals surface area contributed by atoms with Crippen LogP contribution < -0.4 is 0 Å².